The molecule has 1 heterocycles. The van der Waals surface area contributed by atoms with Gasteiger partial charge in [0.2, 0.25) is 0 Å². The van der Waals surface area contributed by atoms with E-state index in [1.807, 2.05) is 18.2 Å². The van der Waals surface area contributed by atoms with Gasteiger partial charge in [-0.05, 0) is 51.2 Å². The fourth-order valence-corrected chi connectivity index (χ4v) is 3.02. The van der Waals surface area contributed by atoms with E-state index in [0.717, 1.165) is 11.0 Å². The predicted molar refractivity (Wildman–Crippen MR) is 102 cm³/mol. The van der Waals surface area contributed by atoms with Gasteiger partial charge >= 0.3 is 7.12 Å². The molecule has 4 heteroatoms. The fourth-order valence-electron chi connectivity index (χ4n) is 3.02. The summed E-state index contributed by atoms with van der Waals surface area (Å²) < 4.78 is 18.5. The van der Waals surface area contributed by atoms with E-state index in [1.54, 1.807) is 0 Å². The Kier molecular flexibility index (Phi) is 5.05. The first-order valence-electron chi connectivity index (χ1n) is 8.86. The summed E-state index contributed by atoms with van der Waals surface area (Å²) in [6, 6.07) is 16.5. The van der Waals surface area contributed by atoms with Crippen molar-refractivity contribution in [3.8, 4) is 0 Å². The van der Waals surface area contributed by atoms with Crippen LogP contribution in [-0.4, -0.2) is 18.3 Å². The van der Waals surface area contributed by atoms with Crippen molar-refractivity contribution < 1.29 is 14.0 Å². The highest BCUT2D eigenvalue weighted by molar-refractivity contribution is 6.63. The third-order valence-corrected chi connectivity index (χ3v) is 5.27. The Bertz CT molecular complexity index is 709. The molecule has 0 aliphatic carbocycles. The van der Waals surface area contributed by atoms with Crippen molar-refractivity contribution in [1.82, 2.24) is 0 Å². The molecule has 0 N–H and O–H groups in total. The van der Waals surface area contributed by atoms with Gasteiger partial charge in [0.15, 0.2) is 0 Å². The second kappa shape index (κ2) is 6.95. The topological polar surface area (TPSA) is 27.7 Å². The molecule has 0 radical (unpaired) electrons. The number of benzene rings is 2. The smallest absolute Gasteiger partial charge is 0.399 e. The van der Waals surface area contributed by atoms with Crippen LogP contribution in [0.5, 0.6) is 0 Å². The molecule has 0 spiro atoms. The maximum atomic E-state index is 6.26. The van der Waals surface area contributed by atoms with Crippen molar-refractivity contribution in [1.29, 1.82) is 0 Å². The number of hydrogen-bond acceptors (Lipinski definition) is 3. The van der Waals surface area contributed by atoms with E-state index in [9.17, 15) is 0 Å². The van der Waals surface area contributed by atoms with Gasteiger partial charge in [-0.1, -0.05) is 54.1 Å². The van der Waals surface area contributed by atoms with E-state index in [1.165, 1.54) is 11.1 Å². The van der Waals surface area contributed by atoms with E-state index in [-0.39, 0.29) is 18.3 Å². The predicted octanol–water partition coefficient (Wildman–Crippen LogP) is 4.01. The number of rotatable bonds is 5. The maximum absolute atomic E-state index is 6.26. The molecular weight excluding hydrogens is 311 g/mol. The summed E-state index contributed by atoms with van der Waals surface area (Å²) >= 11 is 0. The van der Waals surface area contributed by atoms with Crippen LogP contribution < -0.4 is 5.46 Å². The van der Waals surface area contributed by atoms with Crippen LogP contribution in [0.15, 0.2) is 48.5 Å². The molecule has 1 fully saturated rings. The SMILES string of the molecule is Cc1cccc(COCc2ccccc2)c1B1OC(C)(C)C(C)(C)O1. The van der Waals surface area contributed by atoms with Gasteiger partial charge in [0.05, 0.1) is 24.4 Å². The first kappa shape index (κ1) is 18.2. The molecule has 3 nitrogen and oxygen atoms in total. The van der Waals surface area contributed by atoms with Crippen LogP contribution in [0.1, 0.15) is 44.4 Å². The minimum atomic E-state index is -0.360. The normalized spacial score (nSPS) is 18.5. The molecule has 25 heavy (non-hydrogen) atoms. The van der Waals surface area contributed by atoms with Gasteiger partial charge in [-0.3, -0.25) is 0 Å². The van der Waals surface area contributed by atoms with Gasteiger partial charge < -0.3 is 14.0 Å². The second-order valence-electron chi connectivity index (χ2n) is 7.71. The second-order valence-corrected chi connectivity index (χ2v) is 7.71. The standard InChI is InChI=1S/C21H27BO3/c1-16-10-9-13-18(15-23-14-17-11-7-6-8-12-17)19(16)22-24-20(2,3)21(4,5)25-22/h6-13H,14-15H2,1-5H3. The Labute approximate surface area is 151 Å². The molecule has 0 amide bonds. The van der Waals surface area contributed by atoms with E-state index in [2.05, 4.69) is 65.0 Å². The quantitative estimate of drug-likeness (QED) is 0.771. The van der Waals surface area contributed by atoms with Crippen molar-refractivity contribution in [2.75, 3.05) is 0 Å². The molecular formula is C21H27BO3. The largest absolute Gasteiger partial charge is 0.495 e. The van der Waals surface area contributed by atoms with Crippen molar-refractivity contribution in [2.24, 2.45) is 0 Å². The summed E-state index contributed by atoms with van der Waals surface area (Å²) in [5.74, 6) is 0. The summed E-state index contributed by atoms with van der Waals surface area (Å²) in [5, 5.41) is 0. The van der Waals surface area contributed by atoms with Crippen molar-refractivity contribution in [2.45, 2.75) is 59.0 Å². The lowest BCUT2D eigenvalue weighted by Gasteiger charge is -2.32. The lowest BCUT2D eigenvalue weighted by molar-refractivity contribution is 0.00578. The Morgan fingerprint density at radius 2 is 1.48 bits per heavy atom. The molecule has 2 aromatic carbocycles. The van der Waals surface area contributed by atoms with Crippen LogP contribution in [0.4, 0.5) is 0 Å². The van der Waals surface area contributed by atoms with Gasteiger partial charge in [0.25, 0.3) is 0 Å². The van der Waals surface area contributed by atoms with Gasteiger partial charge in [0, 0.05) is 0 Å². The fraction of sp³-hybridized carbons (Fsp3) is 0.429. The highest BCUT2D eigenvalue weighted by atomic mass is 16.7. The third-order valence-electron chi connectivity index (χ3n) is 5.27. The van der Waals surface area contributed by atoms with Crippen LogP contribution in [0.2, 0.25) is 0 Å². The molecule has 0 saturated carbocycles. The minimum absolute atomic E-state index is 0.345. The zero-order valence-corrected chi connectivity index (χ0v) is 15.8. The van der Waals surface area contributed by atoms with Crippen LogP contribution >= 0.6 is 0 Å². The van der Waals surface area contributed by atoms with Crippen LogP contribution in [0.3, 0.4) is 0 Å². The number of ether oxygens (including phenoxy) is 1. The molecule has 1 saturated heterocycles. The monoisotopic (exact) mass is 338 g/mol. The lowest BCUT2D eigenvalue weighted by Crippen LogP contribution is -2.41. The molecule has 132 valence electrons. The van der Waals surface area contributed by atoms with Crippen LogP contribution in [-0.2, 0) is 27.3 Å². The minimum Gasteiger partial charge on any atom is -0.399 e. The van der Waals surface area contributed by atoms with Crippen LogP contribution in [0, 0.1) is 6.92 Å². The Balaban J connectivity index is 1.77. The molecule has 3 rings (SSSR count). The molecule has 0 aromatic heterocycles. The van der Waals surface area contributed by atoms with E-state index >= 15 is 0 Å². The maximum Gasteiger partial charge on any atom is 0.495 e. The van der Waals surface area contributed by atoms with Gasteiger partial charge in [-0.2, -0.15) is 0 Å². The first-order valence-corrected chi connectivity index (χ1v) is 8.86. The van der Waals surface area contributed by atoms with E-state index in [0.29, 0.717) is 13.2 Å². The molecule has 0 atom stereocenters. The van der Waals surface area contributed by atoms with Gasteiger partial charge in [-0.25, -0.2) is 0 Å². The third kappa shape index (κ3) is 3.81. The summed E-state index contributed by atoms with van der Waals surface area (Å²) in [6.45, 7) is 11.6. The summed E-state index contributed by atoms with van der Waals surface area (Å²) in [4.78, 5) is 0. The lowest BCUT2D eigenvalue weighted by atomic mass is 9.73. The summed E-state index contributed by atoms with van der Waals surface area (Å²) in [5.41, 5.74) is 3.86. The zero-order valence-electron chi connectivity index (χ0n) is 15.8. The average molecular weight is 338 g/mol. The Hall–Kier alpha value is -1.62. The van der Waals surface area contributed by atoms with Crippen molar-refractivity contribution in [3.05, 3.63) is 65.2 Å². The van der Waals surface area contributed by atoms with E-state index in [4.69, 9.17) is 14.0 Å². The molecule has 1 aliphatic rings. The molecule has 0 unspecified atom stereocenters. The first-order chi connectivity index (χ1) is 11.8. The zero-order chi connectivity index (χ0) is 18.1. The summed E-state index contributed by atoms with van der Waals surface area (Å²) in [7, 11) is -0.360. The van der Waals surface area contributed by atoms with Gasteiger partial charge in [0.1, 0.15) is 0 Å². The van der Waals surface area contributed by atoms with Gasteiger partial charge in [-0.15, -0.1) is 0 Å². The average Bonchev–Trinajstić information content (AvgIpc) is 2.76. The highest BCUT2D eigenvalue weighted by Crippen LogP contribution is 2.37. The van der Waals surface area contributed by atoms with Crippen molar-refractivity contribution in [3.63, 3.8) is 0 Å². The number of hydrogen-bond donors (Lipinski definition) is 0. The summed E-state index contributed by atoms with van der Waals surface area (Å²) in [6.07, 6.45) is 0. The molecule has 2 aromatic rings. The highest BCUT2D eigenvalue weighted by Gasteiger charge is 2.52. The number of aryl methyl sites for hydroxylation is 1. The van der Waals surface area contributed by atoms with Crippen LogP contribution in [0.25, 0.3) is 0 Å². The molecule has 1 aliphatic heterocycles. The molecule has 0 bridgehead atoms. The van der Waals surface area contributed by atoms with E-state index < -0.39 is 0 Å². The van der Waals surface area contributed by atoms with Crippen molar-refractivity contribution >= 4 is 12.6 Å². The Morgan fingerprint density at radius 1 is 0.840 bits per heavy atom. The Morgan fingerprint density at radius 3 is 2.12 bits per heavy atom.